The van der Waals surface area contributed by atoms with E-state index < -0.39 is 11.8 Å². The molecule has 0 saturated heterocycles. The first-order valence-electron chi connectivity index (χ1n) is 7.75. The molecule has 11 heteroatoms. The summed E-state index contributed by atoms with van der Waals surface area (Å²) in [6.45, 7) is 2.06. The van der Waals surface area contributed by atoms with Crippen LogP contribution in [0.4, 0.5) is 0 Å². The molecule has 10 nitrogen and oxygen atoms in total. The average molecular weight is 549 g/mol. The van der Waals surface area contributed by atoms with Gasteiger partial charge < -0.3 is 35.0 Å². The Kier molecular flexibility index (Phi) is 12.8. The summed E-state index contributed by atoms with van der Waals surface area (Å²) < 4.78 is 5.00. The fourth-order valence-corrected chi connectivity index (χ4v) is 1.76. The van der Waals surface area contributed by atoms with Crippen LogP contribution < -0.4 is 5.32 Å². The largest absolute Gasteiger partial charge is 2.00 e. The van der Waals surface area contributed by atoms with Crippen LogP contribution in [-0.2, 0) is 49.8 Å². The SMILES string of the molecule is O=C(CCCOCCO)N[CH-]CN1C(=O)C=CC1=O.O=C1C=CC(=O)[N-]1.[W+2]. The Morgan fingerprint density at radius 1 is 1.07 bits per heavy atom. The third-order valence-corrected chi connectivity index (χ3v) is 2.95. The smallest absolute Gasteiger partial charge is 0.589 e. The Morgan fingerprint density at radius 3 is 2.15 bits per heavy atom. The summed E-state index contributed by atoms with van der Waals surface area (Å²) in [6.07, 6.45) is 5.49. The standard InChI is InChI=1S/C12H17N2O5.C4H3NO2.W/c15-7-9-19-8-1-2-10(16)13-5-6-14-11(17)3-4-12(14)18;6-3-1-2-4(7)5-3;/h3-5,15H,1-2,6-9H2,(H,13,16);1-2H,(H,5,6,7);/q-1;;+2/p-1. The number of carbonyl (C=O) groups is 5. The number of carbonyl (C=O) groups excluding carboxylic acids is 5. The van der Waals surface area contributed by atoms with Crippen LogP contribution in [0, 0.1) is 6.54 Å². The molecule has 27 heavy (non-hydrogen) atoms. The predicted molar refractivity (Wildman–Crippen MR) is 88.0 cm³/mol. The molecule has 0 bridgehead atoms. The summed E-state index contributed by atoms with van der Waals surface area (Å²) in [5, 5.41) is 14.0. The number of imide groups is 2. The molecule has 5 amide bonds. The zero-order valence-corrected chi connectivity index (χ0v) is 17.3. The first kappa shape index (κ1) is 24.8. The van der Waals surface area contributed by atoms with Crippen molar-refractivity contribution in [2.75, 3.05) is 26.4 Å². The number of hydrogen-bond donors (Lipinski definition) is 2. The number of amides is 5. The number of ether oxygens (including phenoxy) is 1. The average Bonchev–Trinajstić information content (AvgIpc) is 3.13. The fraction of sp³-hybridized carbons (Fsp3) is 0.375. The molecule has 2 aliphatic rings. The van der Waals surface area contributed by atoms with Crippen LogP contribution in [-0.4, -0.2) is 65.9 Å². The first-order chi connectivity index (χ1) is 12.4. The summed E-state index contributed by atoms with van der Waals surface area (Å²) in [6, 6.07) is 0. The second kappa shape index (κ2) is 14.0. The molecule has 0 aromatic heterocycles. The molecule has 0 unspecified atom stereocenters. The van der Waals surface area contributed by atoms with Gasteiger partial charge in [-0.3, -0.25) is 14.4 Å². The normalized spacial score (nSPS) is 14.6. The number of aliphatic hydroxyl groups is 1. The molecule has 2 heterocycles. The zero-order chi connectivity index (χ0) is 19.4. The first-order valence-corrected chi connectivity index (χ1v) is 7.75. The maximum absolute atomic E-state index is 11.4. The zero-order valence-electron chi connectivity index (χ0n) is 14.3. The van der Waals surface area contributed by atoms with Crippen molar-refractivity contribution < 1.29 is 54.9 Å². The maximum Gasteiger partial charge on any atom is 2.00 e. The number of hydrogen-bond acceptors (Lipinski definition) is 7. The van der Waals surface area contributed by atoms with Crippen molar-refractivity contribution in [2.24, 2.45) is 0 Å². The molecular formula is C16H19N3O7W. The van der Waals surface area contributed by atoms with Gasteiger partial charge in [0.1, 0.15) is 0 Å². The predicted octanol–water partition coefficient (Wildman–Crippen LogP) is -1.04. The van der Waals surface area contributed by atoms with Crippen LogP contribution >= 0.6 is 0 Å². The van der Waals surface area contributed by atoms with Crippen LogP contribution in [0.25, 0.3) is 5.32 Å². The van der Waals surface area contributed by atoms with E-state index in [2.05, 4.69) is 10.6 Å². The molecule has 0 aromatic rings. The Labute approximate surface area is 170 Å². The number of rotatable bonds is 9. The molecule has 0 aromatic carbocycles. The molecule has 0 fully saturated rings. The van der Waals surface area contributed by atoms with Crippen molar-refractivity contribution in [3.63, 3.8) is 0 Å². The Bertz CT molecular complexity index is 585. The van der Waals surface area contributed by atoms with Gasteiger partial charge in [0.2, 0.25) is 0 Å². The van der Waals surface area contributed by atoms with Crippen LogP contribution in [0.2, 0.25) is 0 Å². The van der Waals surface area contributed by atoms with E-state index >= 15 is 0 Å². The Hall–Kier alpha value is -2.16. The second-order valence-electron chi connectivity index (χ2n) is 4.95. The monoisotopic (exact) mass is 549 g/mol. The molecule has 0 aliphatic carbocycles. The molecule has 2 aliphatic heterocycles. The van der Waals surface area contributed by atoms with E-state index in [-0.39, 0.29) is 65.0 Å². The number of nitrogens with zero attached hydrogens (tertiary/aromatic N) is 2. The van der Waals surface area contributed by atoms with Crippen molar-refractivity contribution in [3.8, 4) is 0 Å². The van der Waals surface area contributed by atoms with Crippen molar-refractivity contribution in [1.29, 1.82) is 0 Å². The Morgan fingerprint density at radius 2 is 1.67 bits per heavy atom. The van der Waals surface area contributed by atoms with E-state index in [0.29, 0.717) is 13.0 Å². The van der Waals surface area contributed by atoms with Gasteiger partial charge in [-0.1, -0.05) is 6.54 Å². The van der Waals surface area contributed by atoms with Gasteiger partial charge in [0, 0.05) is 25.2 Å². The quantitative estimate of drug-likeness (QED) is 0.213. The molecule has 2 N–H and O–H groups in total. The van der Waals surface area contributed by atoms with Gasteiger partial charge in [-0.15, -0.1) is 0 Å². The minimum Gasteiger partial charge on any atom is -0.589 e. The Balaban J connectivity index is 0.000000708. The summed E-state index contributed by atoms with van der Waals surface area (Å²) in [7, 11) is 0. The van der Waals surface area contributed by atoms with Crippen LogP contribution in [0.5, 0.6) is 0 Å². The fourth-order valence-electron chi connectivity index (χ4n) is 1.76. The van der Waals surface area contributed by atoms with Gasteiger partial charge >= 0.3 is 21.1 Å². The van der Waals surface area contributed by atoms with Crippen molar-refractivity contribution >= 4 is 29.5 Å². The van der Waals surface area contributed by atoms with Crippen molar-refractivity contribution in [2.45, 2.75) is 12.8 Å². The minimum atomic E-state index is -0.454. The molecular weight excluding hydrogens is 530 g/mol. The number of aliphatic hydroxyl groups excluding tert-OH is 1. The van der Waals surface area contributed by atoms with E-state index in [9.17, 15) is 24.0 Å². The summed E-state index contributed by atoms with van der Waals surface area (Å²) in [4.78, 5) is 54.7. The maximum atomic E-state index is 11.4. The summed E-state index contributed by atoms with van der Waals surface area (Å²) >= 11 is 0. The summed E-state index contributed by atoms with van der Waals surface area (Å²) in [5.41, 5.74) is 0. The van der Waals surface area contributed by atoms with E-state index in [1.165, 1.54) is 18.7 Å². The van der Waals surface area contributed by atoms with Gasteiger partial charge in [0.15, 0.2) is 5.91 Å². The summed E-state index contributed by atoms with van der Waals surface area (Å²) in [5.74, 6) is -1.88. The van der Waals surface area contributed by atoms with Gasteiger partial charge in [-0.25, -0.2) is 6.54 Å². The van der Waals surface area contributed by atoms with E-state index in [1.54, 1.807) is 0 Å². The van der Waals surface area contributed by atoms with Crippen LogP contribution in [0.1, 0.15) is 12.8 Å². The van der Waals surface area contributed by atoms with Crippen LogP contribution in [0.15, 0.2) is 24.3 Å². The van der Waals surface area contributed by atoms with E-state index in [4.69, 9.17) is 9.84 Å². The molecule has 0 atom stereocenters. The third kappa shape index (κ3) is 10.5. The van der Waals surface area contributed by atoms with Crippen molar-refractivity contribution in [1.82, 2.24) is 10.2 Å². The van der Waals surface area contributed by atoms with Gasteiger partial charge in [-0.2, -0.15) is 0 Å². The molecule has 2 rings (SSSR count). The minimum absolute atomic E-state index is 0. The van der Waals surface area contributed by atoms with Gasteiger partial charge in [-0.05, 0) is 18.6 Å². The van der Waals surface area contributed by atoms with Crippen LogP contribution in [0.3, 0.4) is 0 Å². The molecule has 0 radical (unpaired) electrons. The van der Waals surface area contributed by atoms with E-state index in [0.717, 1.165) is 17.1 Å². The number of nitrogens with one attached hydrogen (secondary N) is 1. The van der Waals surface area contributed by atoms with Crippen molar-refractivity contribution in [3.05, 3.63) is 36.2 Å². The molecule has 0 spiro atoms. The second-order valence-corrected chi connectivity index (χ2v) is 4.95. The molecule has 146 valence electrons. The third-order valence-electron chi connectivity index (χ3n) is 2.95. The van der Waals surface area contributed by atoms with Gasteiger partial charge in [0.25, 0.3) is 11.8 Å². The molecule has 0 saturated carbocycles. The topological polar surface area (TPSA) is 144 Å². The van der Waals surface area contributed by atoms with E-state index in [1.807, 2.05) is 0 Å². The van der Waals surface area contributed by atoms with Gasteiger partial charge in [0.05, 0.1) is 25.0 Å².